The van der Waals surface area contributed by atoms with Crippen LogP contribution in [0.4, 0.5) is 5.69 Å². The highest BCUT2D eigenvalue weighted by Crippen LogP contribution is 2.19. The molecule has 2 aromatic heterocycles. The summed E-state index contributed by atoms with van der Waals surface area (Å²) in [7, 11) is -3.77. The third-order valence-electron chi connectivity index (χ3n) is 4.67. The number of nitrogens with zero attached hydrogens (tertiary/aromatic N) is 4. The lowest BCUT2D eigenvalue weighted by molar-refractivity contribution is -0.113. The second-order valence-corrected chi connectivity index (χ2v) is 9.65. The molecule has 0 bridgehead atoms. The molecule has 0 saturated heterocycles. The highest BCUT2D eigenvalue weighted by molar-refractivity contribution is 7.99. The number of fused-ring (bicyclic) bond motifs is 1. The number of amides is 1. The Labute approximate surface area is 184 Å². The van der Waals surface area contributed by atoms with Crippen LogP contribution in [0.15, 0.2) is 63.7 Å². The van der Waals surface area contributed by atoms with Crippen LogP contribution in [0.1, 0.15) is 25.7 Å². The summed E-state index contributed by atoms with van der Waals surface area (Å²) in [5, 5.41) is 11.5. The zero-order chi connectivity index (χ0) is 21.7. The second-order valence-electron chi connectivity index (χ2n) is 7.02. The molecule has 2 N–H and O–H groups in total. The standard InChI is InChI=1S/C20H22N6O3S2/c27-19(14-30-20-24-23-18-10-3-5-12-26(18)20)22-15-7-6-8-16(13-15)31(28,29)25-17-9-2-1-4-11-21-17/h3,5-8,10,12-13H,1-2,4,9,11,14H2,(H,21,25)(H,22,27). The van der Waals surface area contributed by atoms with Gasteiger partial charge in [0.25, 0.3) is 10.0 Å². The van der Waals surface area contributed by atoms with Crippen LogP contribution in [0.25, 0.3) is 5.65 Å². The van der Waals surface area contributed by atoms with Gasteiger partial charge in [-0.05, 0) is 43.2 Å². The fourth-order valence-electron chi connectivity index (χ4n) is 3.16. The summed E-state index contributed by atoms with van der Waals surface area (Å²) in [4.78, 5) is 16.8. The van der Waals surface area contributed by atoms with Gasteiger partial charge >= 0.3 is 0 Å². The molecule has 0 aliphatic carbocycles. The maximum absolute atomic E-state index is 12.7. The van der Waals surface area contributed by atoms with Gasteiger partial charge in [0.05, 0.1) is 10.6 Å². The maximum Gasteiger partial charge on any atom is 0.262 e. The molecule has 1 aliphatic heterocycles. The zero-order valence-corrected chi connectivity index (χ0v) is 18.3. The topological polar surface area (TPSA) is 118 Å². The summed E-state index contributed by atoms with van der Waals surface area (Å²) in [5.41, 5.74) is 1.11. The van der Waals surface area contributed by atoms with Gasteiger partial charge in [0.1, 0.15) is 5.84 Å². The highest BCUT2D eigenvalue weighted by Gasteiger charge is 2.18. The van der Waals surface area contributed by atoms with Crippen LogP contribution < -0.4 is 10.0 Å². The average Bonchev–Trinajstić information content (AvgIpc) is 3.00. The fourth-order valence-corrected chi connectivity index (χ4v) is 5.02. The number of thioether (sulfide) groups is 1. The molecular formula is C20H22N6O3S2. The SMILES string of the molecule is O=C(CSc1nnc2ccccn12)Nc1cccc(S(=O)(=O)NC2=NCCCCC2)c1. The molecule has 162 valence electrons. The number of benzene rings is 1. The Morgan fingerprint density at radius 2 is 2.00 bits per heavy atom. The lowest BCUT2D eigenvalue weighted by Crippen LogP contribution is -2.30. The van der Waals surface area contributed by atoms with Gasteiger partial charge in [0.2, 0.25) is 5.91 Å². The van der Waals surface area contributed by atoms with Crippen LogP contribution in [-0.4, -0.2) is 47.1 Å². The van der Waals surface area contributed by atoms with Crippen molar-refractivity contribution in [1.29, 1.82) is 0 Å². The Bertz CT molecular complexity index is 1220. The number of aliphatic imine (C=N–C) groups is 1. The van der Waals surface area contributed by atoms with Crippen molar-refractivity contribution >= 4 is 44.9 Å². The van der Waals surface area contributed by atoms with Crippen molar-refractivity contribution in [2.24, 2.45) is 4.99 Å². The summed E-state index contributed by atoms with van der Waals surface area (Å²) in [6.45, 7) is 0.632. The number of hydrogen-bond acceptors (Lipinski definition) is 7. The van der Waals surface area contributed by atoms with Gasteiger partial charge in [-0.25, -0.2) is 8.42 Å². The number of pyridine rings is 1. The number of carbonyl (C=O) groups is 1. The van der Waals surface area contributed by atoms with E-state index in [1.807, 2.05) is 24.4 Å². The van der Waals surface area contributed by atoms with Crippen LogP contribution in [0.2, 0.25) is 0 Å². The largest absolute Gasteiger partial charge is 0.325 e. The highest BCUT2D eigenvalue weighted by atomic mass is 32.2. The molecule has 1 amide bonds. The van der Waals surface area contributed by atoms with E-state index in [9.17, 15) is 13.2 Å². The van der Waals surface area contributed by atoms with E-state index >= 15 is 0 Å². The van der Waals surface area contributed by atoms with Crippen molar-refractivity contribution in [3.8, 4) is 0 Å². The quantitative estimate of drug-likeness (QED) is 0.549. The molecule has 3 aromatic rings. The number of hydrogen-bond donors (Lipinski definition) is 2. The Hall–Kier alpha value is -2.92. The molecule has 0 radical (unpaired) electrons. The predicted molar refractivity (Wildman–Crippen MR) is 120 cm³/mol. The fraction of sp³-hybridized carbons (Fsp3) is 0.300. The van der Waals surface area contributed by atoms with Crippen molar-refractivity contribution in [1.82, 2.24) is 19.3 Å². The normalized spacial score (nSPS) is 14.6. The molecule has 11 heteroatoms. The first-order chi connectivity index (χ1) is 15.0. The lowest BCUT2D eigenvalue weighted by Gasteiger charge is -2.11. The number of sulfonamides is 1. The van der Waals surface area contributed by atoms with Crippen molar-refractivity contribution in [2.75, 3.05) is 17.6 Å². The monoisotopic (exact) mass is 458 g/mol. The van der Waals surface area contributed by atoms with Gasteiger partial charge in [-0.3, -0.25) is 18.9 Å². The number of rotatable bonds is 6. The zero-order valence-electron chi connectivity index (χ0n) is 16.7. The van der Waals surface area contributed by atoms with E-state index in [0.717, 1.165) is 19.3 Å². The smallest absolute Gasteiger partial charge is 0.262 e. The third kappa shape index (κ3) is 5.42. The van der Waals surface area contributed by atoms with Crippen molar-refractivity contribution in [3.63, 3.8) is 0 Å². The van der Waals surface area contributed by atoms with E-state index in [2.05, 4.69) is 25.2 Å². The Morgan fingerprint density at radius 3 is 2.90 bits per heavy atom. The van der Waals surface area contributed by atoms with Gasteiger partial charge in [0, 0.05) is 24.8 Å². The summed E-state index contributed by atoms with van der Waals surface area (Å²) in [6.07, 6.45) is 5.37. The van der Waals surface area contributed by atoms with E-state index in [1.165, 1.54) is 23.9 Å². The number of aromatic nitrogens is 3. The number of carbonyl (C=O) groups excluding carboxylic acids is 1. The van der Waals surface area contributed by atoms with Gasteiger partial charge in [-0.15, -0.1) is 10.2 Å². The number of amidine groups is 1. The van der Waals surface area contributed by atoms with E-state index < -0.39 is 10.0 Å². The minimum Gasteiger partial charge on any atom is -0.325 e. The predicted octanol–water partition coefficient (Wildman–Crippen LogP) is 2.71. The first kappa shape index (κ1) is 21.3. The molecule has 4 rings (SSSR count). The molecule has 3 heterocycles. The molecule has 9 nitrogen and oxygen atoms in total. The molecule has 1 aromatic carbocycles. The van der Waals surface area contributed by atoms with Crippen LogP contribution in [-0.2, 0) is 14.8 Å². The lowest BCUT2D eigenvalue weighted by atomic mass is 10.2. The molecule has 0 saturated carbocycles. The third-order valence-corrected chi connectivity index (χ3v) is 6.99. The number of anilines is 1. The van der Waals surface area contributed by atoms with Gasteiger partial charge in [-0.1, -0.05) is 30.3 Å². The summed E-state index contributed by atoms with van der Waals surface area (Å²) in [6, 6.07) is 11.7. The van der Waals surface area contributed by atoms with E-state index in [-0.39, 0.29) is 16.6 Å². The summed E-state index contributed by atoms with van der Waals surface area (Å²) in [5.74, 6) is 0.332. The summed E-state index contributed by atoms with van der Waals surface area (Å²) >= 11 is 1.25. The molecule has 0 unspecified atom stereocenters. The molecule has 0 fully saturated rings. The molecule has 31 heavy (non-hydrogen) atoms. The minimum absolute atomic E-state index is 0.0772. The molecule has 0 spiro atoms. The Morgan fingerprint density at radius 1 is 1.10 bits per heavy atom. The Balaban J connectivity index is 1.39. The second kappa shape index (κ2) is 9.48. The van der Waals surface area contributed by atoms with Gasteiger partial charge in [0.15, 0.2) is 10.8 Å². The van der Waals surface area contributed by atoms with E-state index in [1.54, 1.807) is 16.5 Å². The van der Waals surface area contributed by atoms with E-state index in [4.69, 9.17) is 0 Å². The van der Waals surface area contributed by atoms with E-state index in [0.29, 0.717) is 35.3 Å². The summed E-state index contributed by atoms with van der Waals surface area (Å²) < 4.78 is 29.8. The Kier molecular flexibility index (Phi) is 6.52. The first-order valence-corrected chi connectivity index (χ1v) is 12.4. The van der Waals surface area contributed by atoms with Gasteiger partial charge < -0.3 is 5.32 Å². The maximum atomic E-state index is 12.7. The van der Waals surface area contributed by atoms with Crippen LogP contribution in [0.5, 0.6) is 0 Å². The van der Waals surface area contributed by atoms with Crippen molar-refractivity contribution < 1.29 is 13.2 Å². The minimum atomic E-state index is -3.77. The molecule has 1 aliphatic rings. The average molecular weight is 459 g/mol. The molecular weight excluding hydrogens is 436 g/mol. The van der Waals surface area contributed by atoms with Gasteiger partial charge in [-0.2, -0.15) is 0 Å². The number of nitrogens with one attached hydrogen (secondary N) is 2. The molecule has 0 atom stereocenters. The van der Waals surface area contributed by atoms with Crippen molar-refractivity contribution in [3.05, 3.63) is 48.7 Å². The van der Waals surface area contributed by atoms with Crippen molar-refractivity contribution in [2.45, 2.75) is 35.7 Å². The van der Waals surface area contributed by atoms with Crippen LogP contribution >= 0.6 is 11.8 Å². The van der Waals surface area contributed by atoms with Crippen LogP contribution in [0.3, 0.4) is 0 Å². The first-order valence-electron chi connectivity index (χ1n) is 9.90. The van der Waals surface area contributed by atoms with Crippen LogP contribution in [0, 0.1) is 0 Å².